The van der Waals surface area contributed by atoms with Crippen molar-refractivity contribution < 1.29 is 98.0 Å². The Bertz CT molecular complexity index is 2000. The van der Waals surface area contributed by atoms with Gasteiger partial charge in [0.1, 0.15) is 91.8 Å². The first-order chi connectivity index (χ1) is 30.7. The predicted octanol–water partition coefficient (Wildman–Crippen LogP) is 15.9. The number of ether oxygens (including phenoxy) is 4. The van der Waals surface area contributed by atoms with Gasteiger partial charge >= 0.3 is 24.6 Å². The Balaban J connectivity index is 1.06. The van der Waals surface area contributed by atoms with Gasteiger partial charge in [0, 0.05) is 48.5 Å². The van der Waals surface area contributed by atoms with Crippen LogP contribution in [0.3, 0.4) is 0 Å². The number of hydrogen-bond acceptors (Lipinski definition) is 4. The summed E-state index contributed by atoms with van der Waals surface area (Å²) in [5.74, 6) is -19.9. The van der Waals surface area contributed by atoms with Crippen LogP contribution < -0.4 is 18.9 Å². The second-order valence-corrected chi connectivity index (χ2v) is 15.2. The molecule has 4 aromatic carbocycles. The van der Waals surface area contributed by atoms with Crippen LogP contribution in [0.1, 0.15) is 106 Å². The zero-order valence-corrected chi connectivity index (χ0v) is 34.5. The van der Waals surface area contributed by atoms with Crippen LogP contribution in [-0.2, 0) is 24.6 Å². The van der Waals surface area contributed by atoms with E-state index in [1.165, 1.54) is 0 Å². The summed E-state index contributed by atoms with van der Waals surface area (Å²) >= 11 is 0. The zero-order chi connectivity index (χ0) is 49.2. The van der Waals surface area contributed by atoms with Gasteiger partial charge in [-0.1, -0.05) is 71.1 Å². The van der Waals surface area contributed by atoms with Gasteiger partial charge in [-0.3, -0.25) is 0 Å². The molecule has 0 aliphatic heterocycles. The number of unbranched alkanes of at least 4 members (excludes halogenated alkanes) is 8. The Hall–Kier alpha value is -5.18. The second kappa shape index (κ2) is 22.5. The predicted molar refractivity (Wildman–Crippen MR) is 200 cm³/mol. The zero-order valence-electron chi connectivity index (χ0n) is 34.5. The summed E-state index contributed by atoms with van der Waals surface area (Å²) in [6.07, 6.45) is -11.4. The van der Waals surface area contributed by atoms with E-state index in [9.17, 15) is 79.0 Å². The fourth-order valence-corrected chi connectivity index (χ4v) is 6.75. The summed E-state index contributed by atoms with van der Waals surface area (Å²) in [5.41, 5.74) is -8.66. The van der Waals surface area contributed by atoms with E-state index >= 15 is 0 Å². The van der Waals surface area contributed by atoms with E-state index in [4.69, 9.17) is 9.47 Å². The lowest BCUT2D eigenvalue weighted by atomic mass is 9.96. The van der Waals surface area contributed by atoms with Crippen molar-refractivity contribution in [1.82, 2.24) is 0 Å². The van der Waals surface area contributed by atoms with E-state index in [1.807, 2.05) is 0 Å². The van der Waals surface area contributed by atoms with Crippen molar-refractivity contribution >= 4 is 0 Å². The van der Waals surface area contributed by atoms with E-state index < -0.39 is 116 Å². The van der Waals surface area contributed by atoms with E-state index in [0.29, 0.717) is 55.9 Å². The summed E-state index contributed by atoms with van der Waals surface area (Å²) in [6.45, 7) is 2.06. The Labute approximate surface area is 365 Å². The third-order valence-corrected chi connectivity index (χ3v) is 9.92. The third-order valence-electron chi connectivity index (χ3n) is 9.92. The molecule has 4 nitrogen and oxygen atoms in total. The van der Waals surface area contributed by atoms with Gasteiger partial charge in [-0.15, -0.1) is 0 Å². The molecule has 0 unspecified atom stereocenters. The average molecular weight is 975 g/mol. The first kappa shape index (κ1) is 53.4. The Morgan fingerprint density at radius 1 is 0.348 bits per heavy atom. The molecule has 66 heavy (non-hydrogen) atoms. The molecule has 0 saturated heterocycles. The van der Waals surface area contributed by atoms with E-state index in [2.05, 4.69) is 16.4 Å². The number of rotatable bonds is 24. The summed E-state index contributed by atoms with van der Waals surface area (Å²) < 4.78 is 267. The second-order valence-electron chi connectivity index (χ2n) is 15.2. The van der Waals surface area contributed by atoms with Crippen LogP contribution in [0.15, 0.2) is 48.5 Å². The molecule has 4 aromatic rings. The van der Waals surface area contributed by atoms with Crippen molar-refractivity contribution in [1.29, 1.82) is 0 Å². The number of benzene rings is 4. The standard InChI is InChI=1S/C44H40F18O4/c1-24(12-8-4-2-6-10-14-63-25-16-33(49)39(34(50)17-25)43(59,60)65-27-20-29(45)37(30(46)21-27)41(53,54)55)13-9-5-3-7-11-15-64-26-18-35(51)40(36(52)19-26)44(61,62)66-28-22-31(47)38(32(48)23-28)42(56,57)58/h16-24H,2-15H2,1H3. The number of alkyl halides is 10. The molecule has 0 aliphatic rings. The summed E-state index contributed by atoms with van der Waals surface area (Å²) in [6, 6.07) is 0.944. The monoisotopic (exact) mass is 974 g/mol. The molecule has 0 heterocycles. The molecule has 0 aromatic heterocycles. The average Bonchev–Trinajstić information content (AvgIpc) is 3.14. The maximum absolute atomic E-state index is 14.6. The van der Waals surface area contributed by atoms with Crippen LogP contribution in [0, 0.1) is 52.5 Å². The lowest BCUT2D eigenvalue weighted by Crippen LogP contribution is -2.25. The molecule has 0 aliphatic carbocycles. The molecule has 22 heteroatoms. The minimum atomic E-state index is -5.49. The van der Waals surface area contributed by atoms with Crippen LogP contribution in [0.2, 0.25) is 0 Å². The van der Waals surface area contributed by atoms with E-state index in [-0.39, 0.29) is 37.5 Å². The molecule has 0 fully saturated rings. The summed E-state index contributed by atoms with van der Waals surface area (Å²) in [4.78, 5) is 0. The molecule has 0 N–H and O–H groups in total. The van der Waals surface area contributed by atoms with E-state index in [1.54, 1.807) is 0 Å². The smallest absolute Gasteiger partial charge is 0.432 e. The highest BCUT2D eigenvalue weighted by Crippen LogP contribution is 2.42. The van der Waals surface area contributed by atoms with Crippen molar-refractivity contribution in [3.63, 3.8) is 0 Å². The fourth-order valence-electron chi connectivity index (χ4n) is 6.75. The van der Waals surface area contributed by atoms with Crippen LogP contribution in [0.4, 0.5) is 79.0 Å². The van der Waals surface area contributed by atoms with Gasteiger partial charge in [0.05, 0.1) is 13.2 Å². The Morgan fingerprint density at radius 3 is 0.879 bits per heavy atom. The molecule has 4 rings (SSSR count). The van der Waals surface area contributed by atoms with Gasteiger partial charge < -0.3 is 18.9 Å². The highest BCUT2D eigenvalue weighted by Gasteiger charge is 2.45. The molecular formula is C44H40F18O4. The van der Waals surface area contributed by atoms with Crippen LogP contribution in [0.25, 0.3) is 0 Å². The molecule has 0 saturated carbocycles. The first-order valence-corrected chi connectivity index (χ1v) is 20.2. The minimum absolute atomic E-state index is 0.0195. The molecule has 0 spiro atoms. The van der Waals surface area contributed by atoms with Gasteiger partial charge in [-0.25, -0.2) is 35.1 Å². The van der Waals surface area contributed by atoms with E-state index in [0.717, 1.165) is 51.4 Å². The van der Waals surface area contributed by atoms with Gasteiger partial charge in [0.25, 0.3) is 0 Å². The van der Waals surface area contributed by atoms with Crippen molar-refractivity contribution in [2.45, 2.75) is 109 Å². The lowest BCUT2D eigenvalue weighted by molar-refractivity contribution is -0.190. The highest BCUT2D eigenvalue weighted by atomic mass is 19.4. The van der Waals surface area contributed by atoms with Gasteiger partial charge in [-0.05, 0) is 18.8 Å². The first-order valence-electron chi connectivity index (χ1n) is 20.2. The van der Waals surface area contributed by atoms with Crippen molar-refractivity contribution in [3.05, 3.63) is 117 Å². The van der Waals surface area contributed by atoms with Crippen molar-refractivity contribution in [2.24, 2.45) is 5.92 Å². The molecule has 0 atom stereocenters. The number of hydrogen-bond donors (Lipinski definition) is 0. The quantitative estimate of drug-likeness (QED) is 0.0518. The van der Waals surface area contributed by atoms with Gasteiger partial charge in [0.15, 0.2) is 0 Å². The maximum atomic E-state index is 14.6. The van der Waals surface area contributed by atoms with Gasteiger partial charge in [-0.2, -0.15) is 43.9 Å². The topological polar surface area (TPSA) is 36.9 Å². The normalized spacial score (nSPS) is 12.5. The van der Waals surface area contributed by atoms with Crippen LogP contribution >= 0.6 is 0 Å². The summed E-state index contributed by atoms with van der Waals surface area (Å²) in [7, 11) is 0. The molecular weight excluding hydrogens is 934 g/mol. The molecule has 366 valence electrons. The Morgan fingerprint density at radius 2 is 0.591 bits per heavy atom. The van der Waals surface area contributed by atoms with Crippen LogP contribution in [0.5, 0.6) is 23.0 Å². The summed E-state index contributed by atoms with van der Waals surface area (Å²) in [5, 5.41) is 0. The largest absolute Gasteiger partial charge is 0.493 e. The molecule has 0 bridgehead atoms. The molecule has 0 amide bonds. The van der Waals surface area contributed by atoms with Crippen molar-refractivity contribution in [3.8, 4) is 23.0 Å². The third kappa shape index (κ3) is 14.9. The fraction of sp³-hybridized carbons (Fsp3) is 0.455. The highest BCUT2D eigenvalue weighted by molar-refractivity contribution is 5.37. The Kier molecular flexibility index (Phi) is 18.3. The maximum Gasteiger partial charge on any atom is 0.432 e. The van der Waals surface area contributed by atoms with Gasteiger partial charge in [0.2, 0.25) is 0 Å². The lowest BCUT2D eigenvalue weighted by Gasteiger charge is -2.21. The molecule has 0 radical (unpaired) electrons. The van der Waals surface area contributed by atoms with Crippen LogP contribution in [-0.4, -0.2) is 13.2 Å². The minimum Gasteiger partial charge on any atom is -0.493 e. The van der Waals surface area contributed by atoms with Crippen molar-refractivity contribution in [2.75, 3.05) is 13.2 Å². The SMILES string of the molecule is CC(CCCCCCCOc1cc(F)c(C(F)(F)Oc2cc(F)c(C(F)(F)F)c(F)c2)c(F)c1)CCCCCCCOc1cc(F)c(C(F)(F)Oc2cc(F)c(C(F)(F)F)c(F)c2)c(F)c1. The number of halogens is 18.